The normalized spacial score (nSPS) is 16.4. The van der Waals surface area contributed by atoms with Gasteiger partial charge in [0.2, 0.25) is 5.91 Å². The molecule has 4 rings (SSSR count). The second kappa shape index (κ2) is 13.5. The minimum absolute atomic E-state index is 0.0394. The fourth-order valence-corrected chi connectivity index (χ4v) is 5.04. The Balaban J connectivity index is 1.39. The molecule has 0 radical (unpaired) electrons. The van der Waals surface area contributed by atoms with E-state index in [1.54, 1.807) is 26.4 Å². The van der Waals surface area contributed by atoms with E-state index < -0.39 is 5.92 Å². The Morgan fingerprint density at radius 2 is 1.62 bits per heavy atom. The third kappa shape index (κ3) is 6.92. The molecule has 8 nitrogen and oxygen atoms in total. The van der Waals surface area contributed by atoms with Crippen LogP contribution < -0.4 is 14.2 Å². The van der Waals surface area contributed by atoms with Gasteiger partial charge in [-0.15, -0.1) is 0 Å². The van der Waals surface area contributed by atoms with Crippen molar-refractivity contribution >= 4 is 11.9 Å². The van der Waals surface area contributed by atoms with Crippen molar-refractivity contribution in [2.24, 2.45) is 5.92 Å². The molecule has 1 fully saturated rings. The summed E-state index contributed by atoms with van der Waals surface area (Å²) in [5.74, 6) is 1.21. The molecule has 0 unspecified atom stereocenters. The van der Waals surface area contributed by atoms with Crippen LogP contribution in [0.25, 0.3) is 11.1 Å². The van der Waals surface area contributed by atoms with Crippen LogP contribution in [0.15, 0.2) is 66.7 Å². The number of carbonyl (C=O) groups excluding carboxylic acids is 2. The van der Waals surface area contributed by atoms with Crippen molar-refractivity contribution in [3.8, 4) is 34.4 Å². The van der Waals surface area contributed by atoms with Gasteiger partial charge in [-0.05, 0) is 72.4 Å². The van der Waals surface area contributed by atoms with Crippen molar-refractivity contribution in [2.75, 3.05) is 34.5 Å². The summed E-state index contributed by atoms with van der Waals surface area (Å²) in [6.07, 6.45) is 2.11. The van der Waals surface area contributed by atoms with Crippen LogP contribution in [0, 0.1) is 17.2 Å². The van der Waals surface area contributed by atoms with Crippen LogP contribution in [-0.4, -0.2) is 57.3 Å². The van der Waals surface area contributed by atoms with Gasteiger partial charge in [0.25, 0.3) is 0 Å². The standard InChI is InChI=1S/C32H34N2O6/c1-37-29-15-8-22(17-30(29)38-2)5-4-16-34-27(18-26(32(34)36)19-31(35)39-3)21-40-28-13-11-25(12-14-28)24-9-6-23(20-33)7-10-24/h6-15,17,26-27H,4-5,16,18-19,21H2,1-3H3/t26-,27-/m0/s1. The lowest BCUT2D eigenvalue weighted by Crippen LogP contribution is -2.38. The second-order valence-electron chi connectivity index (χ2n) is 9.72. The number of methoxy groups -OCH3 is 3. The van der Waals surface area contributed by atoms with Crippen molar-refractivity contribution in [1.29, 1.82) is 5.26 Å². The van der Waals surface area contributed by atoms with E-state index in [1.807, 2.05) is 59.5 Å². The lowest BCUT2D eigenvalue weighted by atomic mass is 10.0. The third-order valence-corrected chi connectivity index (χ3v) is 7.23. The Morgan fingerprint density at radius 3 is 2.25 bits per heavy atom. The molecule has 208 valence electrons. The molecule has 1 aliphatic rings. The van der Waals surface area contributed by atoms with Gasteiger partial charge in [-0.3, -0.25) is 9.59 Å². The van der Waals surface area contributed by atoms with Crippen LogP contribution in [0.2, 0.25) is 0 Å². The first kappa shape index (κ1) is 28.5. The quantitative estimate of drug-likeness (QED) is 0.296. The molecule has 3 aromatic rings. The highest BCUT2D eigenvalue weighted by atomic mass is 16.5. The van der Waals surface area contributed by atoms with Crippen molar-refractivity contribution in [3.05, 3.63) is 77.9 Å². The third-order valence-electron chi connectivity index (χ3n) is 7.23. The molecule has 1 saturated heterocycles. The van der Waals surface area contributed by atoms with Crippen LogP contribution in [0.3, 0.4) is 0 Å². The zero-order valence-electron chi connectivity index (χ0n) is 23.1. The number of ether oxygens (including phenoxy) is 4. The van der Waals surface area contributed by atoms with Gasteiger partial charge in [-0.2, -0.15) is 5.26 Å². The van der Waals surface area contributed by atoms with E-state index in [-0.39, 0.29) is 24.3 Å². The lowest BCUT2D eigenvalue weighted by molar-refractivity contribution is -0.144. The highest BCUT2D eigenvalue weighted by Gasteiger charge is 2.40. The summed E-state index contributed by atoms with van der Waals surface area (Å²) in [4.78, 5) is 27.0. The van der Waals surface area contributed by atoms with Crippen molar-refractivity contribution < 1.29 is 28.5 Å². The van der Waals surface area contributed by atoms with E-state index in [0.29, 0.717) is 42.4 Å². The van der Waals surface area contributed by atoms with Crippen molar-refractivity contribution in [1.82, 2.24) is 4.90 Å². The number of esters is 1. The smallest absolute Gasteiger partial charge is 0.306 e. The average molecular weight is 543 g/mol. The molecule has 40 heavy (non-hydrogen) atoms. The Kier molecular flexibility index (Phi) is 9.63. The predicted octanol–water partition coefficient (Wildman–Crippen LogP) is 5.03. The molecule has 1 amide bonds. The monoisotopic (exact) mass is 542 g/mol. The molecule has 3 aromatic carbocycles. The molecule has 0 spiro atoms. The molecular formula is C32H34N2O6. The number of hydrogen-bond donors (Lipinski definition) is 0. The molecule has 1 aliphatic heterocycles. The maximum atomic E-state index is 13.3. The number of nitriles is 1. The van der Waals surface area contributed by atoms with E-state index >= 15 is 0 Å². The number of benzene rings is 3. The second-order valence-corrected chi connectivity index (χ2v) is 9.72. The van der Waals surface area contributed by atoms with E-state index in [0.717, 1.165) is 29.5 Å². The molecule has 0 saturated carbocycles. The fourth-order valence-electron chi connectivity index (χ4n) is 5.04. The molecule has 0 aromatic heterocycles. The molecule has 1 heterocycles. The number of likely N-dealkylation sites (tertiary alicyclic amines) is 1. The highest BCUT2D eigenvalue weighted by Crippen LogP contribution is 2.31. The van der Waals surface area contributed by atoms with Crippen LogP contribution in [0.4, 0.5) is 0 Å². The van der Waals surface area contributed by atoms with E-state index in [1.165, 1.54) is 7.11 Å². The number of rotatable bonds is 12. The lowest BCUT2D eigenvalue weighted by Gasteiger charge is -2.25. The molecule has 8 heteroatoms. The van der Waals surface area contributed by atoms with Gasteiger partial charge in [0.05, 0.1) is 51.3 Å². The molecular weight excluding hydrogens is 508 g/mol. The van der Waals surface area contributed by atoms with Crippen LogP contribution in [0.1, 0.15) is 30.4 Å². The van der Waals surface area contributed by atoms with Gasteiger partial charge in [0, 0.05) is 6.54 Å². The Labute approximate surface area is 235 Å². The minimum atomic E-state index is -0.416. The zero-order valence-corrected chi connectivity index (χ0v) is 23.1. The van der Waals surface area contributed by atoms with Gasteiger partial charge in [0.15, 0.2) is 11.5 Å². The van der Waals surface area contributed by atoms with Crippen molar-refractivity contribution in [2.45, 2.75) is 31.7 Å². The van der Waals surface area contributed by atoms with Crippen molar-refractivity contribution in [3.63, 3.8) is 0 Å². The number of amides is 1. The summed E-state index contributed by atoms with van der Waals surface area (Å²) in [7, 11) is 4.55. The molecule has 0 aliphatic carbocycles. The number of carbonyl (C=O) groups is 2. The van der Waals surface area contributed by atoms with Gasteiger partial charge in [0.1, 0.15) is 12.4 Å². The van der Waals surface area contributed by atoms with Gasteiger partial charge >= 0.3 is 5.97 Å². The van der Waals surface area contributed by atoms with Crippen LogP contribution >= 0.6 is 0 Å². The summed E-state index contributed by atoms with van der Waals surface area (Å²) in [5.41, 5.74) is 3.74. The Bertz CT molecular complexity index is 1350. The first-order chi connectivity index (χ1) is 19.4. The largest absolute Gasteiger partial charge is 0.493 e. The van der Waals surface area contributed by atoms with E-state index in [4.69, 9.17) is 24.2 Å². The average Bonchev–Trinajstić information content (AvgIpc) is 3.29. The predicted molar refractivity (Wildman–Crippen MR) is 150 cm³/mol. The summed E-state index contributed by atoms with van der Waals surface area (Å²) >= 11 is 0. The minimum Gasteiger partial charge on any atom is -0.493 e. The topological polar surface area (TPSA) is 98.1 Å². The summed E-state index contributed by atoms with van der Waals surface area (Å²) < 4.78 is 21.7. The zero-order chi connectivity index (χ0) is 28.5. The van der Waals surface area contributed by atoms with E-state index in [2.05, 4.69) is 6.07 Å². The summed E-state index contributed by atoms with van der Waals surface area (Å²) in [6, 6.07) is 23.0. The number of hydrogen-bond acceptors (Lipinski definition) is 7. The van der Waals surface area contributed by atoms with Crippen LogP contribution in [-0.2, 0) is 20.7 Å². The molecule has 2 atom stereocenters. The fraction of sp³-hybridized carbons (Fsp3) is 0.344. The summed E-state index contributed by atoms with van der Waals surface area (Å²) in [6.45, 7) is 0.881. The highest BCUT2D eigenvalue weighted by molar-refractivity contribution is 5.86. The summed E-state index contributed by atoms with van der Waals surface area (Å²) in [5, 5.41) is 9.01. The van der Waals surface area contributed by atoms with Gasteiger partial charge < -0.3 is 23.8 Å². The van der Waals surface area contributed by atoms with Gasteiger partial charge in [-0.25, -0.2) is 0 Å². The number of aryl methyl sites for hydroxylation is 1. The SMILES string of the molecule is COC(=O)C[C@@H]1C[C@@H](COc2ccc(-c3ccc(C#N)cc3)cc2)N(CCCc2ccc(OC)c(OC)c2)C1=O. The number of nitrogens with zero attached hydrogens (tertiary/aromatic N) is 2. The Hall–Kier alpha value is -4.51. The Morgan fingerprint density at radius 1 is 0.950 bits per heavy atom. The van der Waals surface area contributed by atoms with E-state index in [9.17, 15) is 9.59 Å². The first-order valence-electron chi connectivity index (χ1n) is 13.3. The molecule has 0 bridgehead atoms. The van der Waals surface area contributed by atoms with Crippen LogP contribution in [0.5, 0.6) is 17.2 Å². The maximum Gasteiger partial charge on any atom is 0.306 e. The first-order valence-corrected chi connectivity index (χ1v) is 13.3. The maximum absolute atomic E-state index is 13.3. The molecule has 0 N–H and O–H groups in total. The van der Waals surface area contributed by atoms with Gasteiger partial charge in [-0.1, -0.05) is 30.3 Å².